The van der Waals surface area contributed by atoms with Crippen LogP contribution < -0.4 is 10.6 Å². The summed E-state index contributed by atoms with van der Waals surface area (Å²) in [6.07, 6.45) is 3.27. The summed E-state index contributed by atoms with van der Waals surface area (Å²) in [5.41, 5.74) is 3.76. The van der Waals surface area contributed by atoms with Gasteiger partial charge in [0.2, 0.25) is 0 Å². The van der Waals surface area contributed by atoms with E-state index in [-0.39, 0.29) is 6.04 Å². The van der Waals surface area contributed by atoms with Crippen LogP contribution in [0.25, 0.3) is 0 Å². The zero-order valence-corrected chi connectivity index (χ0v) is 17.4. The minimum Gasteiger partial charge on any atom is -0.468 e. The molecule has 2 aromatic carbocycles. The Morgan fingerprint density at radius 2 is 1.65 bits per heavy atom. The summed E-state index contributed by atoms with van der Waals surface area (Å²) >= 11 is 0. The average molecular weight is 418 g/mol. The number of nitrogens with one attached hydrogen (secondary N) is 2. The number of benzene rings is 2. The third-order valence-electron chi connectivity index (χ3n) is 5.68. The molecule has 2 amide bonds. The molecule has 1 atom stereocenters. The number of fused-ring (bicyclic) bond motifs is 1. The Morgan fingerprint density at radius 3 is 2.42 bits per heavy atom. The van der Waals surface area contributed by atoms with E-state index < -0.39 is 11.8 Å². The molecule has 6 heteroatoms. The summed E-state index contributed by atoms with van der Waals surface area (Å²) < 4.78 is 5.65. The number of rotatable bonds is 7. The van der Waals surface area contributed by atoms with Gasteiger partial charge in [0, 0.05) is 26.2 Å². The molecule has 1 aromatic heterocycles. The van der Waals surface area contributed by atoms with Gasteiger partial charge in [-0.1, -0.05) is 54.6 Å². The molecule has 0 spiro atoms. The number of nitrogens with zero attached hydrogens (tertiary/aromatic N) is 1. The van der Waals surface area contributed by atoms with E-state index in [4.69, 9.17) is 4.42 Å². The molecule has 160 valence electrons. The minimum absolute atomic E-state index is 0.135. The smallest absolute Gasteiger partial charge is 0.309 e. The maximum absolute atomic E-state index is 12.4. The molecule has 1 aliphatic heterocycles. The molecule has 0 fully saturated rings. The van der Waals surface area contributed by atoms with Crippen LogP contribution in [0.1, 0.15) is 28.5 Å². The van der Waals surface area contributed by atoms with E-state index in [2.05, 4.69) is 33.7 Å². The number of hydrogen-bond acceptors (Lipinski definition) is 4. The summed E-state index contributed by atoms with van der Waals surface area (Å²) in [5.74, 6) is -0.454. The molecule has 6 nitrogen and oxygen atoms in total. The Hall–Kier alpha value is -3.38. The van der Waals surface area contributed by atoms with Crippen LogP contribution >= 0.6 is 0 Å². The number of carbonyl (C=O) groups is 2. The van der Waals surface area contributed by atoms with Gasteiger partial charge in [-0.3, -0.25) is 14.5 Å². The molecule has 0 saturated carbocycles. The molecule has 1 aliphatic rings. The third kappa shape index (κ3) is 5.41. The van der Waals surface area contributed by atoms with Crippen molar-refractivity contribution in [3.63, 3.8) is 0 Å². The lowest BCUT2D eigenvalue weighted by molar-refractivity contribution is -0.139. The molecular weight excluding hydrogens is 390 g/mol. The summed E-state index contributed by atoms with van der Waals surface area (Å²) in [5, 5.41) is 5.48. The fourth-order valence-corrected chi connectivity index (χ4v) is 3.99. The highest BCUT2D eigenvalue weighted by atomic mass is 16.3. The van der Waals surface area contributed by atoms with Crippen LogP contribution in [0.2, 0.25) is 0 Å². The van der Waals surface area contributed by atoms with E-state index in [0.717, 1.165) is 30.8 Å². The van der Waals surface area contributed by atoms with Crippen molar-refractivity contribution < 1.29 is 14.0 Å². The lowest BCUT2D eigenvalue weighted by Crippen LogP contribution is -2.45. The van der Waals surface area contributed by atoms with Crippen LogP contribution in [0, 0.1) is 0 Å². The van der Waals surface area contributed by atoms with Gasteiger partial charge in [0.1, 0.15) is 5.76 Å². The van der Waals surface area contributed by atoms with Gasteiger partial charge in [-0.15, -0.1) is 0 Å². The topological polar surface area (TPSA) is 74.6 Å². The van der Waals surface area contributed by atoms with Crippen molar-refractivity contribution >= 4 is 11.8 Å². The van der Waals surface area contributed by atoms with Gasteiger partial charge in [0.05, 0.1) is 12.3 Å². The van der Waals surface area contributed by atoms with Crippen LogP contribution in [-0.2, 0) is 29.0 Å². The van der Waals surface area contributed by atoms with E-state index in [1.807, 2.05) is 48.5 Å². The fourth-order valence-electron chi connectivity index (χ4n) is 3.99. The molecular formula is C25H27N3O3. The van der Waals surface area contributed by atoms with Crippen molar-refractivity contribution in [1.29, 1.82) is 0 Å². The van der Waals surface area contributed by atoms with Crippen LogP contribution in [-0.4, -0.2) is 36.3 Å². The number of furan rings is 1. The number of carbonyl (C=O) groups excluding carboxylic acids is 2. The quantitative estimate of drug-likeness (QED) is 0.580. The SMILES string of the molecule is O=C(NCCc1ccccc1)C(=O)NC[C@@H](c1ccco1)N1CCc2ccccc2C1. The van der Waals surface area contributed by atoms with Gasteiger partial charge < -0.3 is 15.1 Å². The maximum atomic E-state index is 12.4. The molecule has 2 heterocycles. The Bertz CT molecular complexity index is 1000. The van der Waals surface area contributed by atoms with Crippen molar-refractivity contribution in [1.82, 2.24) is 15.5 Å². The van der Waals surface area contributed by atoms with Gasteiger partial charge in [-0.2, -0.15) is 0 Å². The van der Waals surface area contributed by atoms with E-state index in [1.54, 1.807) is 6.26 Å². The van der Waals surface area contributed by atoms with Gasteiger partial charge in [-0.05, 0) is 41.7 Å². The third-order valence-corrected chi connectivity index (χ3v) is 5.68. The first-order chi connectivity index (χ1) is 15.2. The molecule has 0 aliphatic carbocycles. The zero-order valence-electron chi connectivity index (χ0n) is 17.4. The first-order valence-electron chi connectivity index (χ1n) is 10.6. The van der Waals surface area contributed by atoms with Crippen LogP contribution in [0.4, 0.5) is 0 Å². The van der Waals surface area contributed by atoms with Crippen molar-refractivity contribution in [2.24, 2.45) is 0 Å². The monoisotopic (exact) mass is 417 g/mol. The standard InChI is InChI=1S/C25H27N3O3/c29-24(26-14-12-19-7-2-1-3-8-19)25(30)27-17-22(23-11-6-16-31-23)28-15-13-20-9-4-5-10-21(20)18-28/h1-11,16,22H,12-15,17-18H2,(H,26,29)(H,27,30)/t22-/m0/s1. The minimum atomic E-state index is -0.623. The molecule has 0 saturated heterocycles. The van der Waals surface area contributed by atoms with Gasteiger partial charge in [-0.25, -0.2) is 0 Å². The fraction of sp³-hybridized carbons (Fsp3) is 0.280. The highest BCUT2D eigenvalue weighted by molar-refractivity contribution is 6.35. The summed E-state index contributed by atoms with van der Waals surface area (Å²) in [6, 6.07) is 21.9. The van der Waals surface area contributed by atoms with Gasteiger partial charge >= 0.3 is 11.8 Å². The van der Waals surface area contributed by atoms with Crippen molar-refractivity contribution in [3.8, 4) is 0 Å². The second-order valence-electron chi connectivity index (χ2n) is 7.72. The first kappa shape index (κ1) is 20.9. The van der Waals surface area contributed by atoms with E-state index in [9.17, 15) is 9.59 Å². The largest absolute Gasteiger partial charge is 0.468 e. The first-order valence-corrected chi connectivity index (χ1v) is 10.6. The predicted octanol–water partition coefficient (Wildman–Crippen LogP) is 2.85. The Morgan fingerprint density at radius 1 is 0.903 bits per heavy atom. The number of amides is 2. The second-order valence-corrected chi connectivity index (χ2v) is 7.72. The predicted molar refractivity (Wildman–Crippen MR) is 118 cm³/mol. The van der Waals surface area contributed by atoms with Crippen molar-refractivity contribution in [2.75, 3.05) is 19.6 Å². The van der Waals surface area contributed by atoms with E-state index >= 15 is 0 Å². The molecule has 0 radical (unpaired) electrons. The lowest BCUT2D eigenvalue weighted by atomic mass is 9.98. The Labute approximate surface area is 182 Å². The lowest BCUT2D eigenvalue weighted by Gasteiger charge is -2.34. The Kier molecular flexibility index (Phi) is 6.79. The summed E-state index contributed by atoms with van der Waals surface area (Å²) in [6.45, 7) is 2.36. The van der Waals surface area contributed by atoms with Crippen molar-refractivity contribution in [2.45, 2.75) is 25.4 Å². The van der Waals surface area contributed by atoms with Crippen LogP contribution in [0.15, 0.2) is 77.4 Å². The van der Waals surface area contributed by atoms with Gasteiger partial charge in [0.15, 0.2) is 0 Å². The van der Waals surface area contributed by atoms with E-state index in [0.29, 0.717) is 19.5 Å². The molecule has 0 bridgehead atoms. The van der Waals surface area contributed by atoms with Crippen LogP contribution in [0.3, 0.4) is 0 Å². The van der Waals surface area contributed by atoms with Crippen LogP contribution in [0.5, 0.6) is 0 Å². The molecule has 4 rings (SSSR count). The summed E-state index contributed by atoms with van der Waals surface area (Å²) in [4.78, 5) is 26.9. The molecule has 3 aromatic rings. The molecule has 31 heavy (non-hydrogen) atoms. The normalized spacial score (nSPS) is 14.5. The maximum Gasteiger partial charge on any atom is 0.309 e. The highest BCUT2D eigenvalue weighted by Gasteiger charge is 2.27. The zero-order chi connectivity index (χ0) is 21.5. The highest BCUT2D eigenvalue weighted by Crippen LogP contribution is 2.27. The average Bonchev–Trinajstić information content (AvgIpc) is 3.34. The summed E-state index contributed by atoms with van der Waals surface area (Å²) in [7, 11) is 0. The number of hydrogen-bond donors (Lipinski definition) is 2. The molecule has 0 unspecified atom stereocenters. The van der Waals surface area contributed by atoms with Crippen molar-refractivity contribution in [3.05, 3.63) is 95.4 Å². The molecule has 2 N–H and O–H groups in total. The second kappa shape index (κ2) is 10.1. The van der Waals surface area contributed by atoms with Gasteiger partial charge in [0.25, 0.3) is 0 Å². The Balaban J connectivity index is 1.32. The van der Waals surface area contributed by atoms with E-state index in [1.165, 1.54) is 11.1 Å².